The summed E-state index contributed by atoms with van der Waals surface area (Å²) in [4.78, 5) is 37.1. The average molecular weight is 382 g/mol. The van der Waals surface area contributed by atoms with Gasteiger partial charge in [-0.15, -0.1) is 0 Å². The van der Waals surface area contributed by atoms with Crippen molar-refractivity contribution < 1.29 is 14.4 Å². The molecule has 7 nitrogen and oxygen atoms in total. The third-order valence-electron chi connectivity index (χ3n) is 4.41. The summed E-state index contributed by atoms with van der Waals surface area (Å²) in [6, 6.07) is 13.7. The van der Waals surface area contributed by atoms with E-state index in [1.54, 1.807) is 48.3 Å². The first-order valence-electron chi connectivity index (χ1n) is 9.04. The fourth-order valence-corrected chi connectivity index (χ4v) is 2.47. The van der Waals surface area contributed by atoms with E-state index in [0.29, 0.717) is 17.7 Å². The van der Waals surface area contributed by atoms with Gasteiger partial charge in [0.05, 0.1) is 0 Å². The van der Waals surface area contributed by atoms with E-state index < -0.39 is 5.91 Å². The van der Waals surface area contributed by atoms with Crippen molar-refractivity contribution in [1.29, 1.82) is 0 Å². The van der Waals surface area contributed by atoms with E-state index in [9.17, 15) is 14.4 Å². The highest BCUT2D eigenvalue weighted by atomic mass is 16.2. The molecule has 0 atom stereocenters. The Hall–Kier alpha value is -3.35. The van der Waals surface area contributed by atoms with Gasteiger partial charge < -0.3 is 21.3 Å². The van der Waals surface area contributed by atoms with Gasteiger partial charge >= 0.3 is 6.03 Å². The summed E-state index contributed by atoms with van der Waals surface area (Å²) in [7, 11) is 1.77. The number of hydrogen-bond acceptors (Lipinski definition) is 3. The van der Waals surface area contributed by atoms with Crippen molar-refractivity contribution in [2.45, 2.75) is 33.0 Å². The quantitative estimate of drug-likeness (QED) is 0.684. The van der Waals surface area contributed by atoms with Crippen molar-refractivity contribution in [3.05, 3.63) is 70.8 Å². The van der Waals surface area contributed by atoms with Crippen LogP contribution >= 0.6 is 0 Å². The molecule has 4 amide bonds. The number of nitrogens with zero attached hydrogens (tertiary/aromatic N) is 1. The topological polar surface area (TPSA) is 105 Å². The number of benzene rings is 2. The second-order valence-corrected chi connectivity index (χ2v) is 6.81. The van der Waals surface area contributed by atoms with E-state index in [2.05, 4.69) is 10.6 Å². The molecular weight excluding hydrogens is 356 g/mol. The van der Waals surface area contributed by atoms with Gasteiger partial charge in [0.2, 0.25) is 5.91 Å². The Kier molecular flexibility index (Phi) is 7.14. The molecule has 0 aromatic heterocycles. The highest BCUT2D eigenvalue weighted by molar-refractivity contribution is 5.94. The van der Waals surface area contributed by atoms with Crippen molar-refractivity contribution in [1.82, 2.24) is 15.5 Å². The maximum Gasteiger partial charge on any atom is 0.315 e. The molecule has 2 aromatic carbocycles. The van der Waals surface area contributed by atoms with Crippen molar-refractivity contribution in [2.24, 2.45) is 5.73 Å². The van der Waals surface area contributed by atoms with Crippen LogP contribution in [0.25, 0.3) is 0 Å². The van der Waals surface area contributed by atoms with Gasteiger partial charge in [-0.2, -0.15) is 0 Å². The highest BCUT2D eigenvalue weighted by Gasteiger charge is 2.14. The standard InChI is InChI=1S/C21H26N4O3/c1-14(2)25(3)20(27)17-9-7-15(8-10-17)12-23-21(28)24-13-16-5-4-6-18(11-16)19(22)26/h4-11,14H,12-13H2,1-3H3,(H2,22,26)(H2,23,24,28). The normalized spacial score (nSPS) is 10.4. The van der Waals surface area contributed by atoms with Gasteiger partial charge in [-0.25, -0.2) is 4.79 Å². The Balaban J connectivity index is 1.83. The number of primary amides is 1. The minimum atomic E-state index is -0.507. The van der Waals surface area contributed by atoms with Crippen LogP contribution in [0.5, 0.6) is 0 Å². The minimum Gasteiger partial charge on any atom is -0.366 e. The lowest BCUT2D eigenvalue weighted by atomic mass is 10.1. The van der Waals surface area contributed by atoms with E-state index >= 15 is 0 Å². The second-order valence-electron chi connectivity index (χ2n) is 6.81. The molecule has 0 unspecified atom stereocenters. The summed E-state index contributed by atoms with van der Waals surface area (Å²) < 4.78 is 0. The number of amides is 4. The Labute approximate surface area is 164 Å². The number of nitrogens with one attached hydrogen (secondary N) is 2. The van der Waals surface area contributed by atoms with Crippen LogP contribution in [0.4, 0.5) is 4.79 Å². The molecule has 0 aliphatic heterocycles. The number of rotatable bonds is 7. The molecule has 0 saturated carbocycles. The lowest BCUT2D eigenvalue weighted by Gasteiger charge is -2.21. The van der Waals surface area contributed by atoms with Crippen LogP contribution in [0.1, 0.15) is 45.7 Å². The van der Waals surface area contributed by atoms with Crippen molar-refractivity contribution in [2.75, 3.05) is 7.05 Å². The Bertz CT molecular complexity index is 847. The fraction of sp³-hybridized carbons (Fsp3) is 0.286. The van der Waals surface area contributed by atoms with Crippen LogP contribution in [0.15, 0.2) is 48.5 Å². The Morgan fingerprint density at radius 2 is 1.54 bits per heavy atom. The van der Waals surface area contributed by atoms with Crippen LogP contribution in [0.3, 0.4) is 0 Å². The third-order valence-corrected chi connectivity index (χ3v) is 4.41. The molecule has 2 aromatic rings. The number of carbonyl (C=O) groups excluding carboxylic acids is 3. The van der Waals surface area contributed by atoms with Crippen molar-refractivity contribution >= 4 is 17.8 Å². The van der Waals surface area contributed by atoms with Crippen molar-refractivity contribution in [3.63, 3.8) is 0 Å². The summed E-state index contributed by atoms with van der Waals surface area (Å²) >= 11 is 0. The maximum atomic E-state index is 12.3. The third kappa shape index (κ3) is 5.84. The molecule has 0 aliphatic carbocycles. The van der Waals surface area contributed by atoms with Crippen LogP contribution in [-0.4, -0.2) is 35.8 Å². The second kappa shape index (κ2) is 9.55. The van der Waals surface area contributed by atoms with E-state index in [0.717, 1.165) is 11.1 Å². The zero-order chi connectivity index (χ0) is 20.7. The molecule has 0 radical (unpaired) electrons. The maximum absolute atomic E-state index is 12.3. The summed E-state index contributed by atoms with van der Waals surface area (Å²) in [6.45, 7) is 4.53. The smallest absolute Gasteiger partial charge is 0.315 e. The molecule has 0 heterocycles. The molecule has 0 fully saturated rings. The van der Waals surface area contributed by atoms with E-state index in [4.69, 9.17) is 5.73 Å². The fourth-order valence-electron chi connectivity index (χ4n) is 2.47. The zero-order valence-corrected chi connectivity index (χ0v) is 16.4. The molecule has 28 heavy (non-hydrogen) atoms. The molecule has 2 rings (SSSR count). The molecule has 148 valence electrons. The highest BCUT2D eigenvalue weighted by Crippen LogP contribution is 2.09. The number of nitrogens with two attached hydrogens (primary N) is 1. The first-order chi connectivity index (χ1) is 13.3. The van der Waals surface area contributed by atoms with E-state index in [1.165, 1.54) is 0 Å². The predicted molar refractivity (Wildman–Crippen MR) is 108 cm³/mol. The van der Waals surface area contributed by atoms with Crippen molar-refractivity contribution in [3.8, 4) is 0 Å². The summed E-state index contributed by atoms with van der Waals surface area (Å²) in [6.07, 6.45) is 0. The predicted octanol–water partition coefficient (Wildman–Crippen LogP) is 2.27. The number of urea groups is 1. The Morgan fingerprint density at radius 1 is 0.929 bits per heavy atom. The molecule has 7 heteroatoms. The lowest BCUT2D eigenvalue weighted by Crippen LogP contribution is -2.34. The first-order valence-corrected chi connectivity index (χ1v) is 9.04. The van der Waals surface area contributed by atoms with Gasteiger partial charge in [0, 0.05) is 37.3 Å². The number of hydrogen-bond donors (Lipinski definition) is 3. The zero-order valence-electron chi connectivity index (χ0n) is 16.4. The van der Waals surface area contributed by atoms with Gasteiger partial charge in [-0.05, 0) is 49.2 Å². The molecule has 0 saturated heterocycles. The monoisotopic (exact) mass is 382 g/mol. The van der Waals surface area contributed by atoms with Crippen LogP contribution < -0.4 is 16.4 Å². The van der Waals surface area contributed by atoms with Gasteiger partial charge in [-0.3, -0.25) is 9.59 Å². The summed E-state index contributed by atoms with van der Waals surface area (Å²) in [5.41, 5.74) is 7.92. The van der Waals surface area contributed by atoms with E-state index in [1.807, 2.05) is 26.0 Å². The largest absolute Gasteiger partial charge is 0.366 e. The Morgan fingerprint density at radius 3 is 2.11 bits per heavy atom. The molecule has 0 bridgehead atoms. The van der Waals surface area contributed by atoms with Crippen LogP contribution in [0, 0.1) is 0 Å². The van der Waals surface area contributed by atoms with Gasteiger partial charge in [0.25, 0.3) is 5.91 Å². The summed E-state index contributed by atoms with van der Waals surface area (Å²) in [5, 5.41) is 5.49. The molecular formula is C21H26N4O3. The van der Waals surface area contributed by atoms with Crippen LogP contribution in [0.2, 0.25) is 0 Å². The lowest BCUT2D eigenvalue weighted by molar-refractivity contribution is 0.0754. The summed E-state index contributed by atoms with van der Waals surface area (Å²) in [5.74, 6) is -0.543. The molecule has 0 spiro atoms. The van der Waals surface area contributed by atoms with Gasteiger partial charge in [0.1, 0.15) is 0 Å². The van der Waals surface area contributed by atoms with Gasteiger partial charge in [0.15, 0.2) is 0 Å². The van der Waals surface area contributed by atoms with Crippen LogP contribution in [-0.2, 0) is 13.1 Å². The average Bonchev–Trinajstić information content (AvgIpc) is 2.70. The number of carbonyl (C=O) groups is 3. The molecule has 4 N–H and O–H groups in total. The van der Waals surface area contributed by atoms with E-state index in [-0.39, 0.29) is 24.5 Å². The SMILES string of the molecule is CC(C)N(C)C(=O)c1ccc(CNC(=O)NCc2cccc(C(N)=O)c2)cc1. The first kappa shape index (κ1) is 21.0. The minimum absolute atomic E-state index is 0.0366. The van der Waals surface area contributed by atoms with Gasteiger partial charge in [-0.1, -0.05) is 24.3 Å². The molecule has 0 aliphatic rings.